The van der Waals surface area contributed by atoms with Crippen molar-refractivity contribution in [2.45, 2.75) is 168 Å². The van der Waals surface area contributed by atoms with Crippen molar-refractivity contribution in [1.82, 2.24) is 0 Å². The SMILES string of the molecule is CC1(C)CCCC=CCCCCCCCCCCC=CCCCCCC2CC2CCCCC1. The van der Waals surface area contributed by atoms with E-state index in [-0.39, 0.29) is 0 Å². The molecule has 0 bridgehead atoms. The lowest BCUT2D eigenvalue weighted by atomic mass is 9.82. The Morgan fingerprint density at radius 3 is 1.30 bits per heavy atom. The summed E-state index contributed by atoms with van der Waals surface area (Å²) in [6.07, 6.45) is 44.2. The Kier molecular flexibility index (Phi) is 16.3. The van der Waals surface area contributed by atoms with Crippen LogP contribution in [0.25, 0.3) is 0 Å². The van der Waals surface area contributed by atoms with Crippen molar-refractivity contribution in [1.29, 1.82) is 0 Å². The first-order valence-corrected chi connectivity index (χ1v) is 15.5. The van der Waals surface area contributed by atoms with Crippen LogP contribution in [0.15, 0.2) is 24.3 Å². The molecule has 0 amide bonds. The normalized spacial score (nSPS) is 29.0. The van der Waals surface area contributed by atoms with E-state index >= 15 is 0 Å². The van der Waals surface area contributed by atoms with Crippen LogP contribution < -0.4 is 0 Å². The van der Waals surface area contributed by atoms with E-state index in [1.807, 2.05) is 0 Å². The number of hydrogen-bond donors (Lipinski definition) is 0. The summed E-state index contributed by atoms with van der Waals surface area (Å²) in [7, 11) is 0. The van der Waals surface area contributed by atoms with Crippen molar-refractivity contribution in [3.8, 4) is 0 Å². The predicted octanol–water partition coefficient (Wildman–Crippen LogP) is 11.7. The largest absolute Gasteiger partial charge is 0.0885 e. The van der Waals surface area contributed by atoms with Crippen molar-refractivity contribution in [3.05, 3.63) is 24.3 Å². The van der Waals surface area contributed by atoms with Crippen LogP contribution in [-0.4, -0.2) is 0 Å². The maximum atomic E-state index is 2.51. The molecule has 2 aliphatic rings. The van der Waals surface area contributed by atoms with E-state index in [0.717, 1.165) is 11.8 Å². The highest BCUT2D eigenvalue weighted by Crippen LogP contribution is 2.46. The molecule has 0 heterocycles. The van der Waals surface area contributed by atoms with Gasteiger partial charge in [-0.1, -0.05) is 122 Å². The van der Waals surface area contributed by atoms with Gasteiger partial charge in [0.15, 0.2) is 0 Å². The van der Waals surface area contributed by atoms with Crippen molar-refractivity contribution >= 4 is 0 Å². The minimum Gasteiger partial charge on any atom is -0.0885 e. The van der Waals surface area contributed by atoms with Gasteiger partial charge in [0.05, 0.1) is 0 Å². The van der Waals surface area contributed by atoms with Gasteiger partial charge in [0.2, 0.25) is 0 Å². The molecular weight excluding hydrogens is 396 g/mol. The summed E-state index contributed by atoms with van der Waals surface area (Å²) in [5.74, 6) is 2.20. The molecule has 0 nitrogen and oxygen atoms in total. The highest BCUT2D eigenvalue weighted by molar-refractivity contribution is 4.86. The third-order valence-electron chi connectivity index (χ3n) is 8.49. The predicted molar refractivity (Wildman–Crippen MR) is 150 cm³/mol. The maximum absolute atomic E-state index is 2.51. The Labute approximate surface area is 209 Å². The van der Waals surface area contributed by atoms with Gasteiger partial charge in [0.1, 0.15) is 0 Å². The average molecular weight is 457 g/mol. The molecule has 0 N–H and O–H groups in total. The number of fused-ring (bicyclic) bond motifs is 1. The number of allylic oxidation sites excluding steroid dienone is 4. The summed E-state index contributed by atoms with van der Waals surface area (Å²) < 4.78 is 0. The Morgan fingerprint density at radius 1 is 0.424 bits per heavy atom. The minimum absolute atomic E-state index is 0.547. The van der Waals surface area contributed by atoms with Gasteiger partial charge in [-0.2, -0.15) is 0 Å². The molecule has 0 heteroatoms. The molecule has 2 unspecified atom stereocenters. The lowest BCUT2D eigenvalue weighted by Gasteiger charge is -2.24. The summed E-state index contributed by atoms with van der Waals surface area (Å²) in [6.45, 7) is 5.01. The van der Waals surface area contributed by atoms with E-state index in [0.29, 0.717) is 5.41 Å². The smallest absolute Gasteiger partial charge is 0.0351 e. The molecular formula is C33H60. The fourth-order valence-electron chi connectivity index (χ4n) is 5.93. The van der Waals surface area contributed by atoms with E-state index in [1.54, 1.807) is 6.42 Å². The van der Waals surface area contributed by atoms with Crippen molar-refractivity contribution in [2.75, 3.05) is 0 Å². The zero-order valence-electron chi connectivity index (χ0n) is 22.9. The topological polar surface area (TPSA) is 0 Å². The van der Waals surface area contributed by atoms with E-state index in [4.69, 9.17) is 0 Å². The molecule has 0 aromatic heterocycles. The molecule has 192 valence electrons. The van der Waals surface area contributed by atoms with Gasteiger partial charge in [-0.15, -0.1) is 0 Å². The Bertz CT molecular complexity index is 496. The number of rotatable bonds is 0. The van der Waals surface area contributed by atoms with Gasteiger partial charge in [-0.05, 0) is 87.9 Å². The first-order chi connectivity index (χ1) is 16.2. The molecule has 2 atom stereocenters. The first-order valence-electron chi connectivity index (χ1n) is 15.5. The molecule has 0 aromatic rings. The van der Waals surface area contributed by atoms with Gasteiger partial charge >= 0.3 is 0 Å². The second kappa shape index (κ2) is 18.8. The van der Waals surface area contributed by atoms with Crippen LogP contribution in [0.3, 0.4) is 0 Å². The third kappa shape index (κ3) is 16.7. The van der Waals surface area contributed by atoms with Crippen LogP contribution in [-0.2, 0) is 0 Å². The quantitative estimate of drug-likeness (QED) is 0.318. The van der Waals surface area contributed by atoms with Crippen LogP contribution in [0.2, 0.25) is 0 Å². The summed E-state index contributed by atoms with van der Waals surface area (Å²) in [5, 5.41) is 0. The van der Waals surface area contributed by atoms with Gasteiger partial charge in [0, 0.05) is 0 Å². The molecule has 1 saturated carbocycles. The second-order valence-electron chi connectivity index (χ2n) is 12.4. The fraction of sp³-hybridized carbons (Fsp3) is 0.879. The monoisotopic (exact) mass is 456 g/mol. The molecule has 33 heavy (non-hydrogen) atoms. The maximum Gasteiger partial charge on any atom is -0.0351 e. The highest BCUT2D eigenvalue weighted by Gasteiger charge is 2.35. The number of hydrogen-bond acceptors (Lipinski definition) is 0. The van der Waals surface area contributed by atoms with Crippen LogP contribution in [0, 0.1) is 17.3 Å². The van der Waals surface area contributed by atoms with Crippen molar-refractivity contribution in [3.63, 3.8) is 0 Å². The standard InChI is InChI=1S/C33H60/c1-33(2)28-24-20-18-16-14-12-10-8-6-4-3-5-7-9-11-13-15-17-19-22-26-31-30-32(31)27-23-21-25-29-33/h11,13,16,18,31-32H,3-10,12,14-15,17,19-30H2,1-2H3. The van der Waals surface area contributed by atoms with Gasteiger partial charge < -0.3 is 0 Å². The Balaban J connectivity index is 1.59. The molecule has 2 rings (SSSR count). The van der Waals surface area contributed by atoms with Crippen LogP contribution in [0.1, 0.15) is 168 Å². The van der Waals surface area contributed by atoms with E-state index in [9.17, 15) is 0 Å². The molecule has 2 aliphatic carbocycles. The minimum atomic E-state index is 0.547. The van der Waals surface area contributed by atoms with Crippen molar-refractivity contribution in [2.24, 2.45) is 17.3 Å². The molecule has 0 saturated heterocycles. The second-order valence-corrected chi connectivity index (χ2v) is 12.4. The zero-order chi connectivity index (χ0) is 23.5. The highest BCUT2D eigenvalue weighted by atomic mass is 14.4. The van der Waals surface area contributed by atoms with E-state index in [2.05, 4.69) is 38.2 Å². The molecule has 0 spiro atoms. The molecule has 1 fully saturated rings. The third-order valence-corrected chi connectivity index (χ3v) is 8.49. The Morgan fingerprint density at radius 2 is 0.788 bits per heavy atom. The van der Waals surface area contributed by atoms with E-state index < -0.39 is 0 Å². The summed E-state index contributed by atoms with van der Waals surface area (Å²) in [5.41, 5.74) is 0.547. The van der Waals surface area contributed by atoms with Crippen LogP contribution in [0.4, 0.5) is 0 Å². The van der Waals surface area contributed by atoms with Gasteiger partial charge in [0.25, 0.3) is 0 Å². The lowest BCUT2D eigenvalue weighted by molar-refractivity contribution is 0.287. The fourth-order valence-corrected chi connectivity index (χ4v) is 5.93. The molecule has 0 radical (unpaired) electrons. The van der Waals surface area contributed by atoms with Gasteiger partial charge in [-0.3, -0.25) is 0 Å². The van der Waals surface area contributed by atoms with Crippen LogP contribution >= 0.6 is 0 Å². The van der Waals surface area contributed by atoms with Crippen LogP contribution in [0.5, 0.6) is 0 Å². The first kappa shape index (κ1) is 28.7. The van der Waals surface area contributed by atoms with E-state index in [1.165, 1.54) is 148 Å². The summed E-state index contributed by atoms with van der Waals surface area (Å²) in [6, 6.07) is 0. The lowest BCUT2D eigenvalue weighted by Crippen LogP contribution is -2.10. The van der Waals surface area contributed by atoms with Gasteiger partial charge in [-0.25, -0.2) is 0 Å². The molecule has 0 aliphatic heterocycles. The molecule has 0 aromatic carbocycles. The van der Waals surface area contributed by atoms with Crippen molar-refractivity contribution < 1.29 is 0 Å². The summed E-state index contributed by atoms with van der Waals surface area (Å²) >= 11 is 0. The zero-order valence-corrected chi connectivity index (χ0v) is 22.9. The Hall–Kier alpha value is -0.520. The average Bonchev–Trinajstić information content (AvgIpc) is 3.54. The summed E-state index contributed by atoms with van der Waals surface area (Å²) in [4.78, 5) is 0.